The Morgan fingerprint density at radius 1 is 1.39 bits per heavy atom. The van der Waals surface area contributed by atoms with Gasteiger partial charge in [0.05, 0.1) is 11.8 Å². The van der Waals surface area contributed by atoms with Crippen LogP contribution in [0.25, 0.3) is 10.2 Å². The highest BCUT2D eigenvalue weighted by molar-refractivity contribution is 7.17. The first kappa shape index (κ1) is 11.6. The third-order valence-electron chi connectivity index (χ3n) is 2.94. The summed E-state index contributed by atoms with van der Waals surface area (Å²) in [5.41, 5.74) is 3.27. The molecule has 18 heavy (non-hydrogen) atoms. The molecule has 0 unspecified atom stereocenters. The van der Waals surface area contributed by atoms with E-state index in [1.165, 1.54) is 16.9 Å². The maximum absolute atomic E-state index is 12.2. The Morgan fingerprint density at radius 3 is 3.06 bits per heavy atom. The summed E-state index contributed by atoms with van der Waals surface area (Å²) in [6.07, 6.45) is 2.54. The van der Waals surface area contributed by atoms with Gasteiger partial charge in [-0.2, -0.15) is 11.3 Å². The largest absolute Gasteiger partial charge is 0.298 e. The highest BCUT2D eigenvalue weighted by Gasteiger charge is 2.08. The normalized spacial score (nSPS) is 11.2. The van der Waals surface area contributed by atoms with Gasteiger partial charge < -0.3 is 0 Å². The molecule has 0 spiro atoms. The van der Waals surface area contributed by atoms with E-state index in [0.717, 1.165) is 22.2 Å². The van der Waals surface area contributed by atoms with Crippen LogP contribution in [0.15, 0.2) is 33.3 Å². The molecular weight excluding hydrogens is 264 g/mol. The minimum atomic E-state index is 0.0772. The monoisotopic (exact) mass is 276 g/mol. The van der Waals surface area contributed by atoms with Crippen LogP contribution in [0, 0.1) is 6.92 Å². The van der Waals surface area contributed by atoms with Crippen LogP contribution >= 0.6 is 22.7 Å². The van der Waals surface area contributed by atoms with Crippen LogP contribution in [0.5, 0.6) is 0 Å². The fourth-order valence-electron chi connectivity index (χ4n) is 1.90. The zero-order valence-corrected chi connectivity index (χ0v) is 11.6. The summed E-state index contributed by atoms with van der Waals surface area (Å²) >= 11 is 3.17. The van der Waals surface area contributed by atoms with Gasteiger partial charge in [-0.25, -0.2) is 4.98 Å². The van der Waals surface area contributed by atoms with Crippen molar-refractivity contribution in [3.8, 4) is 0 Å². The Hall–Kier alpha value is -1.46. The van der Waals surface area contributed by atoms with E-state index in [0.29, 0.717) is 6.54 Å². The van der Waals surface area contributed by atoms with E-state index >= 15 is 0 Å². The molecule has 3 aromatic rings. The second-order valence-electron chi connectivity index (χ2n) is 4.22. The highest BCUT2D eigenvalue weighted by Crippen LogP contribution is 2.19. The minimum Gasteiger partial charge on any atom is -0.298 e. The molecule has 3 rings (SSSR count). The highest BCUT2D eigenvalue weighted by atomic mass is 32.1. The van der Waals surface area contributed by atoms with Crippen molar-refractivity contribution in [2.45, 2.75) is 19.9 Å². The van der Waals surface area contributed by atoms with Gasteiger partial charge in [0, 0.05) is 6.54 Å². The maximum atomic E-state index is 12.2. The van der Waals surface area contributed by atoms with Gasteiger partial charge in [-0.15, -0.1) is 11.3 Å². The quantitative estimate of drug-likeness (QED) is 0.737. The van der Waals surface area contributed by atoms with Crippen LogP contribution in [0.3, 0.4) is 0 Å². The van der Waals surface area contributed by atoms with E-state index in [9.17, 15) is 4.79 Å². The Bertz CT molecular complexity index is 725. The van der Waals surface area contributed by atoms with E-state index in [1.54, 1.807) is 22.2 Å². The van der Waals surface area contributed by atoms with Crippen molar-refractivity contribution in [2.75, 3.05) is 0 Å². The van der Waals surface area contributed by atoms with Gasteiger partial charge >= 0.3 is 0 Å². The Kier molecular flexibility index (Phi) is 3.01. The van der Waals surface area contributed by atoms with Gasteiger partial charge in [0.1, 0.15) is 4.70 Å². The molecule has 0 saturated carbocycles. The maximum Gasteiger partial charge on any atom is 0.271 e. The van der Waals surface area contributed by atoms with Gasteiger partial charge in [-0.05, 0) is 46.7 Å². The van der Waals surface area contributed by atoms with E-state index in [2.05, 4.69) is 21.8 Å². The lowest BCUT2D eigenvalue weighted by Crippen LogP contribution is -2.20. The number of nitrogens with zero attached hydrogens (tertiary/aromatic N) is 2. The first-order valence-electron chi connectivity index (χ1n) is 5.70. The summed E-state index contributed by atoms with van der Waals surface area (Å²) < 4.78 is 2.47. The molecule has 3 nitrogen and oxygen atoms in total. The van der Waals surface area contributed by atoms with E-state index in [1.807, 2.05) is 12.3 Å². The fraction of sp³-hybridized carbons (Fsp3) is 0.231. The molecule has 0 radical (unpaired) electrons. The molecule has 0 aliphatic carbocycles. The Morgan fingerprint density at radius 2 is 2.28 bits per heavy atom. The fourth-order valence-corrected chi connectivity index (χ4v) is 3.56. The molecule has 0 aromatic carbocycles. The average molecular weight is 276 g/mol. The molecule has 0 fully saturated rings. The van der Waals surface area contributed by atoms with E-state index in [4.69, 9.17) is 0 Å². The molecule has 0 N–H and O–H groups in total. The van der Waals surface area contributed by atoms with Crippen molar-refractivity contribution in [1.29, 1.82) is 0 Å². The molecule has 0 aliphatic rings. The van der Waals surface area contributed by atoms with Gasteiger partial charge in [0.2, 0.25) is 0 Å². The number of hydrogen-bond acceptors (Lipinski definition) is 4. The summed E-state index contributed by atoms with van der Waals surface area (Å²) in [6, 6.07) is 2.09. The summed E-state index contributed by atoms with van der Waals surface area (Å²) in [4.78, 5) is 16.6. The molecular formula is C13H12N2OS2. The van der Waals surface area contributed by atoms with Gasteiger partial charge in [0.15, 0.2) is 0 Å². The zero-order valence-electron chi connectivity index (χ0n) is 9.92. The number of fused-ring (bicyclic) bond motifs is 1. The van der Waals surface area contributed by atoms with Gasteiger partial charge in [0.25, 0.3) is 5.56 Å². The summed E-state index contributed by atoms with van der Waals surface area (Å²) in [5.74, 6) is 0. The number of rotatable bonds is 3. The second kappa shape index (κ2) is 4.66. The summed E-state index contributed by atoms with van der Waals surface area (Å²) in [5, 5.41) is 6.16. The lowest BCUT2D eigenvalue weighted by atomic mass is 10.2. The average Bonchev–Trinajstić information content (AvgIpc) is 2.99. The molecule has 0 aliphatic heterocycles. The van der Waals surface area contributed by atoms with Gasteiger partial charge in [-0.3, -0.25) is 9.36 Å². The molecule has 0 bridgehead atoms. The summed E-state index contributed by atoms with van der Waals surface area (Å²) in [7, 11) is 0. The molecule has 0 amide bonds. The minimum absolute atomic E-state index is 0.0772. The van der Waals surface area contributed by atoms with E-state index < -0.39 is 0 Å². The van der Waals surface area contributed by atoms with Crippen LogP contribution < -0.4 is 5.56 Å². The molecule has 92 valence electrons. The van der Waals surface area contributed by atoms with Crippen molar-refractivity contribution in [2.24, 2.45) is 0 Å². The zero-order chi connectivity index (χ0) is 12.5. The number of hydrogen-bond donors (Lipinski definition) is 0. The van der Waals surface area contributed by atoms with Gasteiger partial charge in [-0.1, -0.05) is 0 Å². The topological polar surface area (TPSA) is 34.9 Å². The van der Waals surface area contributed by atoms with E-state index in [-0.39, 0.29) is 5.56 Å². The summed E-state index contributed by atoms with van der Waals surface area (Å²) in [6.45, 7) is 2.68. The lowest BCUT2D eigenvalue weighted by molar-refractivity contribution is 0.664. The number of aromatic nitrogens is 2. The van der Waals surface area contributed by atoms with Crippen molar-refractivity contribution in [3.05, 3.63) is 50.0 Å². The van der Waals surface area contributed by atoms with Crippen molar-refractivity contribution < 1.29 is 0 Å². The van der Waals surface area contributed by atoms with Crippen LogP contribution in [0.2, 0.25) is 0 Å². The van der Waals surface area contributed by atoms with Crippen LogP contribution in [0.4, 0.5) is 0 Å². The first-order chi connectivity index (χ1) is 8.75. The number of thiophene rings is 2. The first-order valence-corrected chi connectivity index (χ1v) is 7.52. The molecule has 0 saturated heterocycles. The van der Waals surface area contributed by atoms with Crippen LogP contribution in [0.1, 0.15) is 11.1 Å². The van der Waals surface area contributed by atoms with Crippen molar-refractivity contribution in [3.63, 3.8) is 0 Å². The SMILES string of the molecule is Cc1csc2c(=O)n(CCc3ccsc3)cnc12. The smallest absolute Gasteiger partial charge is 0.271 e. The van der Waals surface area contributed by atoms with Crippen molar-refractivity contribution >= 4 is 32.9 Å². The second-order valence-corrected chi connectivity index (χ2v) is 5.88. The number of aryl methyl sites for hydroxylation is 3. The molecule has 0 atom stereocenters. The van der Waals surface area contributed by atoms with Crippen molar-refractivity contribution in [1.82, 2.24) is 9.55 Å². The Labute approximate surface area is 112 Å². The molecule has 3 aromatic heterocycles. The molecule has 5 heteroatoms. The lowest BCUT2D eigenvalue weighted by Gasteiger charge is -2.04. The predicted molar refractivity (Wildman–Crippen MR) is 76.6 cm³/mol. The predicted octanol–water partition coefficient (Wildman–Crippen LogP) is 3.07. The van der Waals surface area contributed by atoms with Crippen LogP contribution in [-0.4, -0.2) is 9.55 Å². The van der Waals surface area contributed by atoms with Crippen LogP contribution in [-0.2, 0) is 13.0 Å². The third kappa shape index (κ3) is 2.00. The molecule has 3 heterocycles. The third-order valence-corrected chi connectivity index (χ3v) is 4.75. The Balaban J connectivity index is 1.93. The standard InChI is InChI=1S/C13H12N2OS2/c1-9-6-18-12-11(9)14-8-15(13(12)16)4-2-10-3-5-17-7-10/h3,5-8H,2,4H2,1H3.